The van der Waals surface area contributed by atoms with E-state index >= 15 is 0 Å². The van der Waals surface area contributed by atoms with Crippen LogP contribution in [0.4, 0.5) is 5.69 Å². The molecule has 158 valence electrons. The third kappa shape index (κ3) is 5.84. The highest BCUT2D eigenvalue weighted by Gasteiger charge is 2.13. The number of hydrazone groups is 1. The topological polar surface area (TPSA) is 79.8 Å². The van der Waals surface area contributed by atoms with Crippen molar-refractivity contribution in [1.29, 1.82) is 0 Å². The van der Waals surface area contributed by atoms with Crippen molar-refractivity contribution >= 4 is 46.4 Å². The Labute approximate surface area is 189 Å². The fourth-order valence-electron chi connectivity index (χ4n) is 2.74. The predicted octanol–water partition coefficient (Wildman–Crippen LogP) is 5.41. The maximum Gasteiger partial charge on any atom is 0.275 e. The second kappa shape index (κ2) is 10.1. The molecule has 31 heavy (non-hydrogen) atoms. The summed E-state index contributed by atoms with van der Waals surface area (Å²) in [7, 11) is 1.47. The average Bonchev–Trinajstić information content (AvgIpc) is 2.77. The van der Waals surface area contributed by atoms with Gasteiger partial charge in [-0.15, -0.1) is 0 Å². The Kier molecular flexibility index (Phi) is 7.28. The SMILES string of the molecule is COc1ccc(Cl)cc1C(=O)N/N=C(/C)c1cccc(NC(=O)c2ccc(Cl)cc2)c1. The van der Waals surface area contributed by atoms with Gasteiger partial charge in [-0.3, -0.25) is 9.59 Å². The van der Waals surface area contributed by atoms with Crippen LogP contribution in [-0.4, -0.2) is 24.6 Å². The van der Waals surface area contributed by atoms with Gasteiger partial charge in [0.05, 0.1) is 18.4 Å². The summed E-state index contributed by atoms with van der Waals surface area (Å²) >= 11 is 11.8. The van der Waals surface area contributed by atoms with Crippen molar-refractivity contribution in [3.05, 3.63) is 93.5 Å². The molecule has 3 aromatic rings. The van der Waals surface area contributed by atoms with Gasteiger partial charge in [-0.1, -0.05) is 35.3 Å². The molecule has 0 radical (unpaired) electrons. The monoisotopic (exact) mass is 455 g/mol. The molecule has 3 aromatic carbocycles. The van der Waals surface area contributed by atoms with E-state index in [2.05, 4.69) is 15.8 Å². The maximum atomic E-state index is 12.5. The Morgan fingerprint density at radius 3 is 2.29 bits per heavy atom. The summed E-state index contributed by atoms with van der Waals surface area (Å²) in [6.45, 7) is 1.75. The standard InChI is InChI=1S/C23H19Cl2N3O3/c1-14(27-28-23(30)20-13-18(25)10-11-21(20)31-2)16-4-3-5-19(12-16)26-22(29)15-6-8-17(24)9-7-15/h3-13H,1-2H3,(H,26,29)(H,28,30)/b27-14-. The van der Waals surface area contributed by atoms with Gasteiger partial charge in [-0.25, -0.2) is 5.43 Å². The summed E-state index contributed by atoms with van der Waals surface area (Å²) in [6.07, 6.45) is 0. The molecule has 8 heteroatoms. The number of nitrogens with one attached hydrogen (secondary N) is 2. The van der Waals surface area contributed by atoms with Crippen molar-refractivity contribution in [2.45, 2.75) is 6.92 Å². The molecule has 0 saturated heterocycles. The van der Waals surface area contributed by atoms with Crippen LogP contribution in [0.25, 0.3) is 0 Å². The molecule has 0 aromatic heterocycles. The van der Waals surface area contributed by atoms with E-state index in [-0.39, 0.29) is 11.5 Å². The van der Waals surface area contributed by atoms with E-state index in [1.807, 2.05) is 6.07 Å². The van der Waals surface area contributed by atoms with Crippen LogP contribution < -0.4 is 15.5 Å². The number of hydrogen-bond donors (Lipinski definition) is 2. The molecular formula is C23H19Cl2N3O3. The lowest BCUT2D eigenvalue weighted by atomic mass is 10.1. The Morgan fingerprint density at radius 1 is 0.871 bits per heavy atom. The summed E-state index contributed by atoms with van der Waals surface area (Å²) < 4.78 is 5.19. The number of hydrogen-bond acceptors (Lipinski definition) is 4. The van der Waals surface area contributed by atoms with Gasteiger partial charge in [-0.05, 0) is 67.1 Å². The van der Waals surface area contributed by atoms with E-state index < -0.39 is 5.91 Å². The molecule has 2 N–H and O–H groups in total. The van der Waals surface area contributed by atoms with Gasteiger partial charge in [0.2, 0.25) is 0 Å². The number of rotatable bonds is 6. The van der Waals surface area contributed by atoms with E-state index in [0.717, 1.165) is 5.56 Å². The Balaban J connectivity index is 1.72. The highest BCUT2D eigenvalue weighted by molar-refractivity contribution is 6.31. The highest BCUT2D eigenvalue weighted by atomic mass is 35.5. The van der Waals surface area contributed by atoms with Crippen molar-refractivity contribution in [3.8, 4) is 5.75 Å². The second-order valence-electron chi connectivity index (χ2n) is 6.52. The summed E-state index contributed by atoms with van der Waals surface area (Å²) in [5.74, 6) is -0.322. The number of carbonyl (C=O) groups excluding carboxylic acids is 2. The van der Waals surface area contributed by atoms with Crippen LogP contribution in [0.5, 0.6) is 5.75 Å². The average molecular weight is 456 g/mol. The van der Waals surface area contributed by atoms with Crippen LogP contribution in [0.1, 0.15) is 33.2 Å². The fourth-order valence-corrected chi connectivity index (χ4v) is 3.04. The predicted molar refractivity (Wildman–Crippen MR) is 124 cm³/mol. The van der Waals surface area contributed by atoms with Gasteiger partial charge in [0.25, 0.3) is 11.8 Å². The molecule has 0 spiro atoms. The van der Waals surface area contributed by atoms with Gasteiger partial charge in [0.15, 0.2) is 0 Å². The molecule has 0 aliphatic carbocycles. The first-order valence-corrected chi connectivity index (χ1v) is 9.98. The number of nitrogens with zero attached hydrogens (tertiary/aromatic N) is 1. The molecule has 0 heterocycles. The number of methoxy groups -OCH3 is 1. The van der Waals surface area contributed by atoms with Crippen molar-refractivity contribution in [1.82, 2.24) is 5.43 Å². The largest absolute Gasteiger partial charge is 0.496 e. The first kappa shape index (κ1) is 22.3. The van der Waals surface area contributed by atoms with E-state index in [1.54, 1.807) is 61.5 Å². The molecule has 0 fully saturated rings. The number of anilines is 1. The number of amides is 2. The molecule has 0 saturated carbocycles. The van der Waals surface area contributed by atoms with Crippen LogP contribution in [0, 0.1) is 0 Å². The molecular weight excluding hydrogens is 437 g/mol. The molecule has 0 aliphatic rings. The third-order valence-electron chi connectivity index (χ3n) is 4.38. The number of halogens is 2. The third-order valence-corrected chi connectivity index (χ3v) is 4.86. The van der Waals surface area contributed by atoms with E-state index in [1.165, 1.54) is 13.2 Å². The van der Waals surface area contributed by atoms with Crippen LogP contribution in [0.3, 0.4) is 0 Å². The van der Waals surface area contributed by atoms with E-state index in [0.29, 0.717) is 32.8 Å². The molecule has 6 nitrogen and oxygen atoms in total. The quantitative estimate of drug-likeness (QED) is 0.385. The molecule has 0 unspecified atom stereocenters. The minimum Gasteiger partial charge on any atom is -0.496 e. The molecule has 3 rings (SSSR count). The number of benzene rings is 3. The Morgan fingerprint density at radius 2 is 1.58 bits per heavy atom. The van der Waals surface area contributed by atoms with Crippen LogP contribution in [0.2, 0.25) is 10.0 Å². The molecule has 0 atom stereocenters. The van der Waals surface area contributed by atoms with Gasteiger partial charge >= 0.3 is 0 Å². The lowest BCUT2D eigenvalue weighted by molar-refractivity contribution is 0.0951. The number of carbonyl (C=O) groups is 2. The lowest BCUT2D eigenvalue weighted by Crippen LogP contribution is -2.20. The van der Waals surface area contributed by atoms with Crippen molar-refractivity contribution in [2.75, 3.05) is 12.4 Å². The zero-order valence-corrected chi connectivity index (χ0v) is 18.3. The van der Waals surface area contributed by atoms with Gasteiger partial charge < -0.3 is 10.1 Å². The van der Waals surface area contributed by atoms with E-state index in [4.69, 9.17) is 27.9 Å². The van der Waals surface area contributed by atoms with Gasteiger partial charge in [0, 0.05) is 21.3 Å². The molecule has 0 aliphatic heterocycles. The van der Waals surface area contributed by atoms with Gasteiger partial charge in [-0.2, -0.15) is 5.10 Å². The summed E-state index contributed by atoms with van der Waals surface area (Å²) in [6, 6.07) is 18.5. The zero-order chi connectivity index (χ0) is 22.4. The highest BCUT2D eigenvalue weighted by Crippen LogP contribution is 2.22. The fraction of sp³-hybridized carbons (Fsp3) is 0.0870. The lowest BCUT2D eigenvalue weighted by Gasteiger charge is -2.09. The van der Waals surface area contributed by atoms with Gasteiger partial charge in [0.1, 0.15) is 5.75 Å². The minimum atomic E-state index is -0.453. The first-order valence-electron chi connectivity index (χ1n) is 9.23. The molecule has 2 amide bonds. The van der Waals surface area contributed by atoms with Crippen LogP contribution >= 0.6 is 23.2 Å². The van der Waals surface area contributed by atoms with Crippen molar-refractivity contribution in [3.63, 3.8) is 0 Å². The summed E-state index contributed by atoms with van der Waals surface area (Å²) in [4.78, 5) is 24.9. The smallest absolute Gasteiger partial charge is 0.275 e. The van der Waals surface area contributed by atoms with E-state index in [9.17, 15) is 9.59 Å². The number of ether oxygens (including phenoxy) is 1. The first-order chi connectivity index (χ1) is 14.9. The second-order valence-corrected chi connectivity index (χ2v) is 7.40. The Hall–Kier alpha value is -3.35. The van der Waals surface area contributed by atoms with Crippen LogP contribution in [-0.2, 0) is 0 Å². The minimum absolute atomic E-state index is 0.259. The van der Waals surface area contributed by atoms with Crippen molar-refractivity contribution < 1.29 is 14.3 Å². The summed E-state index contributed by atoms with van der Waals surface area (Å²) in [5.41, 5.74) is 5.14. The summed E-state index contributed by atoms with van der Waals surface area (Å²) in [5, 5.41) is 7.96. The maximum absolute atomic E-state index is 12.5. The van der Waals surface area contributed by atoms with Crippen molar-refractivity contribution in [2.24, 2.45) is 5.10 Å². The normalized spacial score (nSPS) is 11.0. The molecule has 0 bridgehead atoms. The van der Waals surface area contributed by atoms with Crippen LogP contribution in [0.15, 0.2) is 71.8 Å². The zero-order valence-electron chi connectivity index (χ0n) is 16.8. The Bertz CT molecular complexity index is 1150.